The van der Waals surface area contributed by atoms with Crippen molar-refractivity contribution in [3.05, 3.63) is 34.9 Å². The SMILES string of the molecule is Cc1cccc(C)c1CC(N)C1CCCC(C(F)(F)F)C1. The van der Waals surface area contributed by atoms with E-state index in [4.69, 9.17) is 5.73 Å². The van der Waals surface area contributed by atoms with Gasteiger partial charge in [-0.2, -0.15) is 13.2 Å². The number of hydrogen-bond acceptors (Lipinski definition) is 1. The molecular weight excluding hydrogens is 275 g/mol. The summed E-state index contributed by atoms with van der Waals surface area (Å²) in [5.74, 6) is -1.19. The van der Waals surface area contributed by atoms with Crippen LogP contribution in [-0.2, 0) is 6.42 Å². The lowest BCUT2D eigenvalue weighted by molar-refractivity contribution is -0.186. The third-order valence-corrected chi connectivity index (χ3v) is 4.87. The van der Waals surface area contributed by atoms with Gasteiger partial charge in [0.15, 0.2) is 0 Å². The van der Waals surface area contributed by atoms with E-state index < -0.39 is 12.1 Å². The molecule has 1 aromatic rings. The van der Waals surface area contributed by atoms with Crippen molar-refractivity contribution < 1.29 is 13.2 Å². The van der Waals surface area contributed by atoms with Gasteiger partial charge >= 0.3 is 6.18 Å². The fourth-order valence-electron chi connectivity index (χ4n) is 3.49. The molecule has 2 rings (SSSR count). The van der Waals surface area contributed by atoms with Crippen molar-refractivity contribution in [3.63, 3.8) is 0 Å². The molecule has 1 aromatic carbocycles. The van der Waals surface area contributed by atoms with Gasteiger partial charge in [-0.25, -0.2) is 0 Å². The molecule has 0 heterocycles. The predicted molar refractivity (Wildman–Crippen MR) is 79.1 cm³/mol. The van der Waals surface area contributed by atoms with Gasteiger partial charge in [0.1, 0.15) is 0 Å². The summed E-state index contributed by atoms with van der Waals surface area (Å²) in [6, 6.07) is 5.89. The second-order valence-corrected chi connectivity index (χ2v) is 6.40. The van der Waals surface area contributed by atoms with E-state index >= 15 is 0 Å². The molecule has 0 amide bonds. The minimum Gasteiger partial charge on any atom is -0.327 e. The van der Waals surface area contributed by atoms with Crippen LogP contribution >= 0.6 is 0 Å². The molecule has 1 aliphatic rings. The molecule has 0 bridgehead atoms. The van der Waals surface area contributed by atoms with Crippen LogP contribution in [0.4, 0.5) is 13.2 Å². The van der Waals surface area contributed by atoms with E-state index in [0.29, 0.717) is 12.8 Å². The van der Waals surface area contributed by atoms with E-state index in [-0.39, 0.29) is 24.8 Å². The lowest BCUT2D eigenvalue weighted by atomic mass is 9.76. The first kappa shape index (κ1) is 16.3. The largest absolute Gasteiger partial charge is 0.391 e. The Morgan fingerprint density at radius 1 is 1.19 bits per heavy atom. The predicted octanol–water partition coefficient (Wildman–Crippen LogP) is 4.54. The van der Waals surface area contributed by atoms with Crippen LogP contribution in [-0.4, -0.2) is 12.2 Å². The number of nitrogens with two attached hydrogens (primary N) is 1. The number of alkyl halides is 3. The quantitative estimate of drug-likeness (QED) is 0.871. The van der Waals surface area contributed by atoms with Crippen molar-refractivity contribution in [2.45, 2.75) is 58.2 Å². The maximum Gasteiger partial charge on any atom is 0.391 e. The standard InChI is InChI=1S/C17H24F3N/c1-11-5-3-6-12(2)15(11)10-16(21)13-7-4-8-14(9-13)17(18,19)20/h3,5-6,13-14,16H,4,7-10,21H2,1-2H3. The minimum absolute atomic E-state index is 0.0237. The summed E-state index contributed by atoms with van der Waals surface area (Å²) in [4.78, 5) is 0. The lowest BCUT2D eigenvalue weighted by Gasteiger charge is -2.34. The van der Waals surface area contributed by atoms with Gasteiger partial charge in [-0.3, -0.25) is 0 Å². The smallest absolute Gasteiger partial charge is 0.327 e. The van der Waals surface area contributed by atoms with Crippen LogP contribution in [0.1, 0.15) is 42.4 Å². The van der Waals surface area contributed by atoms with Crippen LogP contribution in [0.2, 0.25) is 0 Å². The Morgan fingerprint density at radius 3 is 2.38 bits per heavy atom. The molecule has 1 saturated carbocycles. The van der Waals surface area contributed by atoms with E-state index in [1.54, 1.807) is 0 Å². The van der Waals surface area contributed by atoms with Crippen molar-refractivity contribution in [3.8, 4) is 0 Å². The molecule has 0 aliphatic heterocycles. The van der Waals surface area contributed by atoms with Gasteiger partial charge in [0.05, 0.1) is 5.92 Å². The van der Waals surface area contributed by atoms with E-state index in [1.807, 2.05) is 32.0 Å². The average Bonchev–Trinajstić information content (AvgIpc) is 2.42. The molecule has 21 heavy (non-hydrogen) atoms. The normalized spacial score (nSPS) is 24.9. The molecule has 4 heteroatoms. The highest BCUT2D eigenvalue weighted by atomic mass is 19.4. The number of halogens is 3. The summed E-state index contributed by atoms with van der Waals surface area (Å²) in [5, 5.41) is 0. The average molecular weight is 299 g/mol. The van der Waals surface area contributed by atoms with E-state index in [9.17, 15) is 13.2 Å². The lowest BCUT2D eigenvalue weighted by Crippen LogP contribution is -2.39. The van der Waals surface area contributed by atoms with Gasteiger partial charge < -0.3 is 5.73 Å². The van der Waals surface area contributed by atoms with Crippen LogP contribution in [0.3, 0.4) is 0 Å². The molecule has 3 unspecified atom stereocenters. The molecule has 0 spiro atoms. The van der Waals surface area contributed by atoms with Gasteiger partial charge in [-0.15, -0.1) is 0 Å². The highest BCUT2D eigenvalue weighted by Crippen LogP contribution is 2.41. The van der Waals surface area contributed by atoms with Crippen LogP contribution in [0.25, 0.3) is 0 Å². The molecular formula is C17H24F3N. The Balaban J connectivity index is 2.05. The number of benzene rings is 1. The zero-order valence-corrected chi connectivity index (χ0v) is 12.7. The minimum atomic E-state index is -4.07. The first-order chi connectivity index (χ1) is 9.79. The van der Waals surface area contributed by atoms with Crippen molar-refractivity contribution in [2.24, 2.45) is 17.6 Å². The highest BCUT2D eigenvalue weighted by Gasteiger charge is 2.43. The fourth-order valence-corrected chi connectivity index (χ4v) is 3.49. The van der Waals surface area contributed by atoms with Crippen molar-refractivity contribution >= 4 is 0 Å². The number of aryl methyl sites for hydroxylation is 2. The maximum atomic E-state index is 12.9. The third-order valence-electron chi connectivity index (χ3n) is 4.87. The Hall–Kier alpha value is -1.03. The third kappa shape index (κ3) is 4.00. The number of rotatable bonds is 3. The van der Waals surface area contributed by atoms with Gasteiger partial charge in [0.25, 0.3) is 0 Å². The summed E-state index contributed by atoms with van der Waals surface area (Å²) in [6.07, 6.45) is -1.50. The molecule has 0 radical (unpaired) electrons. The molecule has 1 nitrogen and oxygen atoms in total. The highest BCUT2D eigenvalue weighted by molar-refractivity contribution is 5.34. The summed E-state index contributed by atoms with van der Waals surface area (Å²) < 4.78 is 38.7. The molecule has 1 aliphatic carbocycles. The molecule has 0 aromatic heterocycles. The molecule has 3 atom stereocenters. The van der Waals surface area contributed by atoms with Crippen LogP contribution in [0.15, 0.2) is 18.2 Å². The second kappa shape index (κ2) is 6.39. The molecule has 118 valence electrons. The van der Waals surface area contributed by atoms with Crippen molar-refractivity contribution in [2.75, 3.05) is 0 Å². The first-order valence-electron chi connectivity index (χ1n) is 7.66. The summed E-state index contributed by atoms with van der Waals surface area (Å²) in [5.41, 5.74) is 9.80. The van der Waals surface area contributed by atoms with Gasteiger partial charge in [0, 0.05) is 6.04 Å². The zero-order chi connectivity index (χ0) is 15.6. The van der Waals surface area contributed by atoms with Crippen molar-refractivity contribution in [1.82, 2.24) is 0 Å². The fraction of sp³-hybridized carbons (Fsp3) is 0.647. The van der Waals surface area contributed by atoms with Crippen LogP contribution in [0.5, 0.6) is 0 Å². The van der Waals surface area contributed by atoms with Gasteiger partial charge in [-0.1, -0.05) is 24.6 Å². The summed E-state index contributed by atoms with van der Waals surface area (Å²) >= 11 is 0. The molecule has 0 saturated heterocycles. The Bertz CT molecular complexity index is 461. The second-order valence-electron chi connectivity index (χ2n) is 6.40. The summed E-state index contributed by atoms with van der Waals surface area (Å²) in [7, 11) is 0. The van der Waals surface area contributed by atoms with Crippen LogP contribution in [0, 0.1) is 25.7 Å². The Morgan fingerprint density at radius 2 is 1.81 bits per heavy atom. The monoisotopic (exact) mass is 299 g/mol. The maximum absolute atomic E-state index is 12.9. The Kier molecular flexibility index (Phi) is 4.97. The van der Waals surface area contributed by atoms with Crippen molar-refractivity contribution in [1.29, 1.82) is 0 Å². The summed E-state index contributed by atoms with van der Waals surface area (Å²) in [6.45, 7) is 4.07. The number of hydrogen-bond donors (Lipinski definition) is 1. The first-order valence-corrected chi connectivity index (χ1v) is 7.66. The Labute approximate surface area is 124 Å². The molecule has 2 N–H and O–H groups in total. The molecule has 1 fully saturated rings. The van der Waals surface area contributed by atoms with Gasteiger partial charge in [0.2, 0.25) is 0 Å². The van der Waals surface area contributed by atoms with Crippen LogP contribution < -0.4 is 5.73 Å². The topological polar surface area (TPSA) is 26.0 Å². The van der Waals surface area contributed by atoms with E-state index in [1.165, 1.54) is 16.7 Å². The van der Waals surface area contributed by atoms with E-state index in [0.717, 1.165) is 6.42 Å². The van der Waals surface area contributed by atoms with Gasteiger partial charge in [-0.05, 0) is 62.1 Å². The zero-order valence-electron chi connectivity index (χ0n) is 12.7. The van der Waals surface area contributed by atoms with E-state index in [2.05, 4.69) is 0 Å².